The first-order chi connectivity index (χ1) is 9.33. The number of rotatable bonds is 5. The lowest BCUT2D eigenvalue weighted by atomic mass is 10.1. The van der Waals surface area contributed by atoms with Crippen LogP contribution in [0.25, 0.3) is 0 Å². The van der Waals surface area contributed by atoms with Gasteiger partial charge in [-0.05, 0) is 31.5 Å². The average molecular weight is 305 g/mol. The molecule has 6 heteroatoms. The van der Waals surface area contributed by atoms with Gasteiger partial charge in [0.15, 0.2) is 0 Å². The fraction of sp³-hybridized carbons (Fsp3) is 0.500. The Balaban J connectivity index is 3.16. The number of benzene rings is 1. The molecule has 1 aromatic rings. The largest absolute Gasteiger partial charge is 0.416 e. The molecular formula is C14H16ClF3N2. The third kappa shape index (κ3) is 4.04. The van der Waals surface area contributed by atoms with Gasteiger partial charge in [0.25, 0.3) is 0 Å². The number of alkyl halides is 4. The molecule has 110 valence electrons. The van der Waals surface area contributed by atoms with E-state index < -0.39 is 11.7 Å². The summed E-state index contributed by atoms with van der Waals surface area (Å²) in [5, 5.41) is 8.82. The third-order valence-corrected chi connectivity index (χ3v) is 3.29. The van der Waals surface area contributed by atoms with Gasteiger partial charge in [0.2, 0.25) is 0 Å². The van der Waals surface area contributed by atoms with E-state index in [4.69, 9.17) is 16.9 Å². The zero-order valence-corrected chi connectivity index (χ0v) is 12.1. The molecule has 0 heterocycles. The van der Waals surface area contributed by atoms with Crippen LogP contribution in [0, 0.1) is 17.2 Å². The molecule has 0 aliphatic rings. The fourth-order valence-electron chi connectivity index (χ4n) is 1.93. The summed E-state index contributed by atoms with van der Waals surface area (Å²) in [6, 6.07) is 6.19. The van der Waals surface area contributed by atoms with Crippen LogP contribution in [0.5, 0.6) is 0 Å². The first kappa shape index (κ1) is 16.6. The number of halogens is 4. The van der Waals surface area contributed by atoms with E-state index in [0.29, 0.717) is 18.8 Å². The van der Waals surface area contributed by atoms with E-state index in [1.54, 1.807) is 17.9 Å². The minimum atomic E-state index is -4.43. The molecule has 0 spiro atoms. The van der Waals surface area contributed by atoms with Crippen molar-refractivity contribution in [2.45, 2.75) is 25.9 Å². The molecule has 0 radical (unpaired) electrons. The Bertz CT molecular complexity index is 494. The maximum Gasteiger partial charge on any atom is 0.416 e. The smallest absolute Gasteiger partial charge is 0.370 e. The zero-order chi connectivity index (χ0) is 15.3. The molecule has 0 saturated carbocycles. The Morgan fingerprint density at radius 3 is 2.50 bits per heavy atom. The van der Waals surface area contributed by atoms with Crippen LogP contribution in [0.4, 0.5) is 18.9 Å². The van der Waals surface area contributed by atoms with Gasteiger partial charge in [-0.1, -0.05) is 6.07 Å². The number of hydrogen-bond donors (Lipinski definition) is 0. The molecule has 0 bridgehead atoms. The molecule has 1 unspecified atom stereocenters. The summed E-state index contributed by atoms with van der Waals surface area (Å²) in [6.45, 7) is 4.50. The molecule has 1 atom stereocenters. The highest BCUT2D eigenvalue weighted by Crippen LogP contribution is 2.35. The molecule has 1 aromatic carbocycles. The quantitative estimate of drug-likeness (QED) is 0.752. The second-order valence-corrected chi connectivity index (χ2v) is 4.81. The van der Waals surface area contributed by atoms with Gasteiger partial charge in [0, 0.05) is 24.7 Å². The van der Waals surface area contributed by atoms with Gasteiger partial charge in [-0.15, -0.1) is 11.6 Å². The van der Waals surface area contributed by atoms with Crippen molar-refractivity contribution in [2.24, 2.45) is 5.92 Å². The van der Waals surface area contributed by atoms with Crippen LogP contribution in [0.15, 0.2) is 18.2 Å². The van der Waals surface area contributed by atoms with Crippen LogP contribution in [0.2, 0.25) is 0 Å². The van der Waals surface area contributed by atoms with Crippen LogP contribution >= 0.6 is 11.6 Å². The minimum absolute atomic E-state index is 0.0623. The lowest BCUT2D eigenvalue weighted by molar-refractivity contribution is -0.138. The SMILES string of the molecule is CCN(CC(C)C#N)c1ccc(CCl)c(C(F)(F)F)c1. The van der Waals surface area contributed by atoms with Gasteiger partial charge < -0.3 is 4.90 Å². The van der Waals surface area contributed by atoms with Crippen molar-refractivity contribution in [1.29, 1.82) is 5.26 Å². The van der Waals surface area contributed by atoms with E-state index in [2.05, 4.69) is 6.07 Å². The number of hydrogen-bond acceptors (Lipinski definition) is 2. The predicted octanol–water partition coefficient (Wildman–Crippen LogP) is 4.43. The van der Waals surface area contributed by atoms with Crippen LogP contribution in [-0.4, -0.2) is 13.1 Å². The summed E-state index contributed by atoms with van der Waals surface area (Å²) < 4.78 is 38.9. The van der Waals surface area contributed by atoms with E-state index in [0.717, 1.165) is 6.07 Å². The zero-order valence-electron chi connectivity index (χ0n) is 11.3. The highest BCUT2D eigenvalue weighted by Gasteiger charge is 2.33. The first-order valence-electron chi connectivity index (χ1n) is 6.24. The van der Waals surface area contributed by atoms with Crippen molar-refractivity contribution in [3.05, 3.63) is 29.3 Å². The van der Waals surface area contributed by atoms with E-state index in [1.165, 1.54) is 6.07 Å². The van der Waals surface area contributed by atoms with E-state index in [1.807, 2.05) is 6.92 Å². The molecule has 0 aromatic heterocycles. The maximum atomic E-state index is 13.0. The Hall–Kier alpha value is -1.41. The molecule has 0 N–H and O–H groups in total. The topological polar surface area (TPSA) is 27.0 Å². The van der Waals surface area contributed by atoms with Crippen LogP contribution in [-0.2, 0) is 12.1 Å². The number of nitrogens with zero attached hydrogens (tertiary/aromatic N) is 2. The van der Waals surface area contributed by atoms with Gasteiger partial charge in [-0.3, -0.25) is 0 Å². The standard InChI is InChI=1S/C14H16ClF3N2/c1-3-20(9-10(2)8-19)12-5-4-11(7-15)13(6-12)14(16,17)18/h4-6,10H,3,7,9H2,1-2H3. The molecule has 0 saturated heterocycles. The highest BCUT2D eigenvalue weighted by molar-refractivity contribution is 6.17. The van der Waals surface area contributed by atoms with Crippen molar-refractivity contribution in [3.8, 4) is 6.07 Å². The molecule has 0 fully saturated rings. The Morgan fingerprint density at radius 2 is 2.05 bits per heavy atom. The Labute approximate surface area is 121 Å². The van der Waals surface area contributed by atoms with E-state index in [-0.39, 0.29) is 17.4 Å². The van der Waals surface area contributed by atoms with E-state index >= 15 is 0 Å². The monoisotopic (exact) mass is 304 g/mol. The van der Waals surface area contributed by atoms with Gasteiger partial charge in [-0.2, -0.15) is 18.4 Å². The van der Waals surface area contributed by atoms with Gasteiger partial charge in [0.05, 0.1) is 17.6 Å². The van der Waals surface area contributed by atoms with Gasteiger partial charge in [-0.25, -0.2) is 0 Å². The summed E-state index contributed by atoms with van der Waals surface area (Å²) in [6.07, 6.45) is -4.43. The van der Waals surface area contributed by atoms with E-state index in [9.17, 15) is 13.2 Å². The molecule has 0 aliphatic carbocycles. The number of anilines is 1. The van der Waals surface area contributed by atoms with Crippen molar-refractivity contribution in [1.82, 2.24) is 0 Å². The summed E-state index contributed by atoms with van der Waals surface area (Å²) in [7, 11) is 0. The molecular weight excluding hydrogens is 289 g/mol. The van der Waals surface area contributed by atoms with Crippen molar-refractivity contribution in [2.75, 3.05) is 18.0 Å². The Kier molecular flexibility index (Phi) is 5.70. The predicted molar refractivity (Wildman–Crippen MR) is 73.7 cm³/mol. The van der Waals surface area contributed by atoms with Gasteiger partial charge in [0.1, 0.15) is 0 Å². The lowest BCUT2D eigenvalue weighted by Gasteiger charge is -2.25. The third-order valence-electron chi connectivity index (χ3n) is 3.00. The van der Waals surface area contributed by atoms with Crippen molar-refractivity contribution in [3.63, 3.8) is 0 Å². The highest BCUT2D eigenvalue weighted by atomic mass is 35.5. The summed E-state index contributed by atoms with van der Waals surface area (Å²) in [4.78, 5) is 1.75. The van der Waals surface area contributed by atoms with Crippen molar-refractivity contribution < 1.29 is 13.2 Å². The maximum absolute atomic E-state index is 13.0. The lowest BCUT2D eigenvalue weighted by Crippen LogP contribution is -2.28. The van der Waals surface area contributed by atoms with Crippen LogP contribution in [0.1, 0.15) is 25.0 Å². The normalized spacial score (nSPS) is 12.8. The molecule has 0 aliphatic heterocycles. The Morgan fingerprint density at radius 1 is 1.40 bits per heavy atom. The summed E-state index contributed by atoms with van der Waals surface area (Å²) in [5.41, 5.74) is -0.198. The molecule has 0 amide bonds. The van der Waals surface area contributed by atoms with Gasteiger partial charge >= 0.3 is 6.18 Å². The number of nitriles is 1. The minimum Gasteiger partial charge on any atom is -0.370 e. The summed E-state index contributed by atoms with van der Waals surface area (Å²) in [5.74, 6) is -0.437. The molecule has 1 rings (SSSR count). The van der Waals surface area contributed by atoms with Crippen molar-refractivity contribution >= 4 is 17.3 Å². The van der Waals surface area contributed by atoms with Crippen LogP contribution < -0.4 is 4.90 Å². The molecule has 2 nitrogen and oxygen atoms in total. The molecule has 20 heavy (non-hydrogen) atoms. The second-order valence-electron chi connectivity index (χ2n) is 4.54. The second kappa shape index (κ2) is 6.85. The van der Waals surface area contributed by atoms with Crippen LogP contribution in [0.3, 0.4) is 0 Å². The first-order valence-corrected chi connectivity index (χ1v) is 6.77. The average Bonchev–Trinajstić information content (AvgIpc) is 2.42. The fourth-order valence-corrected chi connectivity index (χ4v) is 2.16. The summed E-state index contributed by atoms with van der Waals surface area (Å²) >= 11 is 5.55.